The third-order valence-corrected chi connectivity index (χ3v) is 7.89. The first kappa shape index (κ1) is 29.8. The van der Waals surface area contributed by atoms with Crippen molar-refractivity contribution in [3.63, 3.8) is 0 Å². The largest absolute Gasteiger partial charge is 0.354 e. The molecule has 36 heavy (non-hydrogen) atoms. The summed E-state index contributed by atoms with van der Waals surface area (Å²) in [7, 11) is -1.48. The highest BCUT2D eigenvalue weighted by atomic mass is 35.5. The molecule has 1 atom stereocenters. The first-order chi connectivity index (χ1) is 16.9. The van der Waals surface area contributed by atoms with E-state index in [1.165, 1.54) is 37.2 Å². The SMILES string of the molecule is CCCCNC(=O)C(C)N(Cc1ccc(Cl)cc1Cl)C(=O)CN(c1ccc(F)cc1)S(=O)(=O)N(C)C. The summed E-state index contributed by atoms with van der Waals surface area (Å²) >= 11 is 12.3. The third kappa shape index (κ3) is 7.80. The Kier molecular flexibility index (Phi) is 11.0. The predicted molar refractivity (Wildman–Crippen MR) is 141 cm³/mol. The minimum Gasteiger partial charge on any atom is -0.354 e. The van der Waals surface area contributed by atoms with E-state index in [1.54, 1.807) is 19.1 Å². The molecule has 0 saturated carbocycles. The number of unbranched alkanes of at least 4 members (excludes halogenated alkanes) is 1. The van der Waals surface area contributed by atoms with E-state index < -0.39 is 34.5 Å². The van der Waals surface area contributed by atoms with E-state index in [0.29, 0.717) is 22.2 Å². The fourth-order valence-corrected chi connectivity index (χ4v) is 4.80. The van der Waals surface area contributed by atoms with Crippen molar-refractivity contribution < 1.29 is 22.4 Å². The summed E-state index contributed by atoms with van der Waals surface area (Å²) in [5.74, 6) is -1.58. The minimum atomic E-state index is -4.13. The highest BCUT2D eigenvalue weighted by Crippen LogP contribution is 2.25. The van der Waals surface area contributed by atoms with Crippen molar-refractivity contribution in [3.8, 4) is 0 Å². The summed E-state index contributed by atoms with van der Waals surface area (Å²) < 4.78 is 41.5. The molecule has 1 unspecified atom stereocenters. The lowest BCUT2D eigenvalue weighted by Crippen LogP contribution is -2.52. The molecule has 0 saturated heterocycles. The van der Waals surface area contributed by atoms with Gasteiger partial charge in [0.2, 0.25) is 11.8 Å². The monoisotopic (exact) mass is 560 g/mol. The second-order valence-corrected chi connectivity index (χ2v) is 11.3. The molecule has 12 heteroatoms. The lowest BCUT2D eigenvalue weighted by atomic mass is 10.1. The second kappa shape index (κ2) is 13.2. The first-order valence-corrected chi connectivity index (χ1v) is 13.5. The number of anilines is 1. The van der Waals surface area contributed by atoms with Crippen LogP contribution >= 0.6 is 23.2 Å². The van der Waals surface area contributed by atoms with E-state index in [0.717, 1.165) is 33.6 Å². The maximum atomic E-state index is 13.6. The molecule has 2 rings (SSSR count). The van der Waals surface area contributed by atoms with Crippen molar-refractivity contribution in [2.24, 2.45) is 0 Å². The summed E-state index contributed by atoms with van der Waals surface area (Å²) in [6.45, 7) is 3.31. The summed E-state index contributed by atoms with van der Waals surface area (Å²) in [5.41, 5.74) is 0.634. The molecule has 0 bridgehead atoms. The van der Waals surface area contributed by atoms with Crippen LogP contribution in [0.1, 0.15) is 32.3 Å². The maximum Gasteiger partial charge on any atom is 0.304 e. The zero-order chi connectivity index (χ0) is 27.0. The molecule has 0 aliphatic heterocycles. The van der Waals surface area contributed by atoms with Crippen LogP contribution in [0.2, 0.25) is 10.0 Å². The predicted octanol–water partition coefficient (Wildman–Crippen LogP) is 4.08. The Balaban J connectivity index is 2.44. The number of halogens is 3. The van der Waals surface area contributed by atoms with Gasteiger partial charge >= 0.3 is 10.2 Å². The minimum absolute atomic E-state index is 0.0591. The number of carbonyl (C=O) groups excluding carboxylic acids is 2. The average molecular weight is 562 g/mol. The molecule has 8 nitrogen and oxygen atoms in total. The number of nitrogens with zero attached hydrogens (tertiary/aromatic N) is 3. The first-order valence-electron chi connectivity index (χ1n) is 11.3. The molecule has 0 heterocycles. The molecule has 198 valence electrons. The van der Waals surface area contributed by atoms with E-state index in [4.69, 9.17) is 23.2 Å². The molecule has 1 N–H and O–H groups in total. The fraction of sp³-hybridized carbons (Fsp3) is 0.417. The molecule has 2 aromatic rings. The van der Waals surface area contributed by atoms with Crippen LogP contribution in [0.5, 0.6) is 0 Å². The van der Waals surface area contributed by atoms with Gasteiger partial charge in [-0.05, 0) is 55.3 Å². The van der Waals surface area contributed by atoms with Crippen molar-refractivity contribution in [1.29, 1.82) is 0 Å². The molecular formula is C24H31Cl2FN4O4S. The number of hydrogen-bond donors (Lipinski definition) is 1. The van der Waals surface area contributed by atoms with Gasteiger partial charge in [-0.1, -0.05) is 42.6 Å². The lowest BCUT2D eigenvalue weighted by molar-refractivity contribution is -0.139. The van der Waals surface area contributed by atoms with E-state index in [9.17, 15) is 22.4 Å². The van der Waals surface area contributed by atoms with Crippen molar-refractivity contribution in [2.75, 3.05) is 31.5 Å². The number of carbonyl (C=O) groups is 2. The third-order valence-electron chi connectivity index (χ3n) is 5.49. The Morgan fingerprint density at radius 1 is 1.08 bits per heavy atom. The van der Waals surface area contributed by atoms with Crippen LogP contribution in [-0.2, 0) is 26.3 Å². The molecule has 0 fully saturated rings. The smallest absolute Gasteiger partial charge is 0.304 e. The summed E-state index contributed by atoms with van der Waals surface area (Å²) in [6, 6.07) is 8.59. The van der Waals surface area contributed by atoms with Crippen LogP contribution in [-0.4, -0.2) is 62.7 Å². The summed E-state index contributed by atoms with van der Waals surface area (Å²) in [4.78, 5) is 27.7. The van der Waals surface area contributed by atoms with Gasteiger partial charge in [0, 0.05) is 37.2 Å². The molecule has 0 aliphatic carbocycles. The Morgan fingerprint density at radius 3 is 2.28 bits per heavy atom. The zero-order valence-electron chi connectivity index (χ0n) is 20.7. The van der Waals surface area contributed by atoms with Crippen LogP contribution < -0.4 is 9.62 Å². The van der Waals surface area contributed by atoms with Crippen LogP contribution in [0.25, 0.3) is 0 Å². The molecule has 2 amide bonds. The van der Waals surface area contributed by atoms with E-state index >= 15 is 0 Å². The molecule has 2 aromatic carbocycles. The topological polar surface area (TPSA) is 90.0 Å². The summed E-state index contributed by atoms with van der Waals surface area (Å²) in [5, 5.41) is 3.51. The molecular weight excluding hydrogens is 530 g/mol. The Bertz CT molecular complexity index is 1160. The quantitative estimate of drug-likeness (QED) is 0.396. The van der Waals surface area contributed by atoms with Gasteiger partial charge in [-0.15, -0.1) is 0 Å². The van der Waals surface area contributed by atoms with Gasteiger partial charge in [0.05, 0.1) is 5.69 Å². The molecule has 0 radical (unpaired) electrons. The Hall–Kier alpha value is -2.40. The van der Waals surface area contributed by atoms with Crippen molar-refractivity contribution >= 4 is 50.9 Å². The fourth-order valence-electron chi connectivity index (χ4n) is 3.28. The van der Waals surface area contributed by atoms with E-state index in [-0.39, 0.29) is 18.1 Å². The molecule has 0 aliphatic rings. The van der Waals surface area contributed by atoms with Crippen LogP contribution in [0.15, 0.2) is 42.5 Å². The Labute approximate surface area is 222 Å². The van der Waals surface area contributed by atoms with Crippen molar-refractivity contribution in [2.45, 2.75) is 39.3 Å². The standard InChI is InChI=1S/C24H31Cl2FN4O4S/c1-5-6-13-28-24(33)17(2)30(15-18-7-8-19(25)14-22(18)26)23(32)16-31(36(34,35)29(3)4)21-11-9-20(27)10-12-21/h7-12,14,17H,5-6,13,15-16H2,1-4H3,(H,28,33). The van der Waals surface area contributed by atoms with Gasteiger partial charge in [0.15, 0.2) is 0 Å². The van der Waals surface area contributed by atoms with E-state index in [1.807, 2.05) is 6.92 Å². The van der Waals surface area contributed by atoms with E-state index in [2.05, 4.69) is 5.32 Å². The number of amides is 2. The van der Waals surface area contributed by atoms with Crippen LogP contribution in [0, 0.1) is 5.82 Å². The second-order valence-electron chi connectivity index (χ2n) is 8.35. The highest BCUT2D eigenvalue weighted by molar-refractivity contribution is 7.90. The zero-order valence-corrected chi connectivity index (χ0v) is 23.0. The van der Waals surface area contributed by atoms with Gasteiger partial charge in [0.1, 0.15) is 18.4 Å². The Morgan fingerprint density at radius 2 is 1.72 bits per heavy atom. The average Bonchev–Trinajstić information content (AvgIpc) is 2.82. The van der Waals surface area contributed by atoms with Gasteiger partial charge in [-0.25, -0.2) is 8.70 Å². The lowest BCUT2D eigenvalue weighted by Gasteiger charge is -2.33. The van der Waals surface area contributed by atoms with Crippen molar-refractivity contribution in [1.82, 2.24) is 14.5 Å². The molecule has 0 aromatic heterocycles. The number of hydrogen-bond acceptors (Lipinski definition) is 4. The number of nitrogens with one attached hydrogen (secondary N) is 1. The van der Waals surface area contributed by atoms with Gasteiger partial charge < -0.3 is 10.2 Å². The number of rotatable bonds is 12. The normalized spacial score (nSPS) is 12.3. The highest BCUT2D eigenvalue weighted by Gasteiger charge is 2.32. The van der Waals surface area contributed by atoms with Crippen LogP contribution in [0.4, 0.5) is 10.1 Å². The van der Waals surface area contributed by atoms with Gasteiger partial charge in [0.25, 0.3) is 0 Å². The summed E-state index contributed by atoms with van der Waals surface area (Å²) in [6.07, 6.45) is 1.65. The van der Waals surface area contributed by atoms with Crippen LogP contribution in [0.3, 0.4) is 0 Å². The number of benzene rings is 2. The maximum absolute atomic E-state index is 13.6. The van der Waals surface area contributed by atoms with Crippen molar-refractivity contribution in [3.05, 3.63) is 63.9 Å². The van der Waals surface area contributed by atoms with Gasteiger partial charge in [-0.3, -0.25) is 9.59 Å². The molecule has 0 spiro atoms. The van der Waals surface area contributed by atoms with Gasteiger partial charge in [-0.2, -0.15) is 12.7 Å².